The molecular formula is C32H53N3O6. The second-order valence-corrected chi connectivity index (χ2v) is 11.2. The number of nitrogens with one attached hydrogen (secondary N) is 2. The number of ether oxygens (including phenoxy) is 1. The molecule has 0 spiro atoms. The minimum Gasteiger partial charge on any atom is -0.461 e. The molecule has 0 aromatic heterocycles. The zero-order chi connectivity index (χ0) is 28.4. The second kappa shape index (κ2) is 20.4. The lowest BCUT2D eigenvalue weighted by atomic mass is 10.0. The van der Waals surface area contributed by atoms with Gasteiger partial charge in [-0.3, -0.25) is 19.2 Å². The van der Waals surface area contributed by atoms with Gasteiger partial charge < -0.3 is 14.9 Å². The van der Waals surface area contributed by atoms with Crippen molar-refractivity contribution >= 4 is 23.5 Å². The molecule has 0 bridgehead atoms. The number of amides is 2. The summed E-state index contributed by atoms with van der Waals surface area (Å²) in [6.07, 6.45) is 16.0. The van der Waals surface area contributed by atoms with Crippen LogP contribution < -0.4 is 10.8 Å². The zero-order valence-electron chi connectivity index (χ0n) is 24.3. The molecule has 41 heavy (non-hydrogen) atoms. The molecule has 0 saturated heterocycles. The highest BCUT2D eigenvalue weighted by Gasteiger charge is 2.21. The summed E-state index contributed by atoms with van der Waals surface area (Å²) in [5.41, 5.74) is 4.29. The van der Waals surface area contributed by atoms with E-state index in [1.165, 1.54) is 38.5 Å². The smallest absolute Gasteiger partial charge is 0.322 e. The van der Waals surface area contributed by atoms with E-state index in [1.54, 1.807) is 12.2 Å². The third kappa shape index (κ3) is 14.8. The van der Waals surface area contributed by atoms with E-state index >= 15 is 0 Å². The maximum atomic E-state index is 12.3. The van der Waals surface area contributed by atoms with Crippen LogP contribution in [0.1, 0.15) is 116 Å². The number of hydrogen-bond donors (Lipinski definition) is 2. The third-order valence-electron chi connectivity index (χ3n) is 7.80. The summed E-state index contributed by atoms with van der Waals surface area (Å²) in [7, 11) is 1.54. The van der Waals surface area contributed by atoms with Crippen molar-refractivity contribution < 1.29 is 28.8 Å². The number of anilines is 1. The molecule has 3 rings (SSSR count). The first-order valence-electron chi connectivity index (χ1n) is 15.3. The van der Waals surface area contributed by atoms with Crippen molar-refractivity contribution in [2.45, 2.75) is 123 Å². The monoisotopic (exact) mass is 575 g/mol. The topological polar surface area (TPSA) is 106 Å². The van der Waals surface area contributed by atoms with Gasteiger partial charge in [-0.25, -0.2) is 5.48 Å². The molecule has 9 heteroatoms. The summed E-state index contributed by atoms with van der Waals surface area (Å²) in [5.74, 6) is 0.212. The van der Waals surface area contributed by atoms with Crippen LogP contribution in [0.5, 0.6) is 0 Å². The van der Waals surface area contributed by atoms with Gasteiger partial charge in [-0.05, 0) is 75.0 Å². The quantitative estimate of drug-likeness (QED) is 0.0949. The molecule has 0 aliphatic heterocycles. The Morgan fingerprint density at radius 1 is 0.829 bits per heavy atom. The van der Waals surface area contributed by atoms with Gasteiger partial charge in [0.15, 0.2) is 0 Å². The van der Waals surface area contributed by atoms with Gasteiger partial charge in [-0.15, -0.1) is 0 Å². The highest BCUT2D eigenvalue weighted by molar-refractivity contribution is 5.90. The van der Waals surface area contributed by atoms with Crippen molar-refractivity contribution in [2.75, 3.05) is 25.6 Å². The van der Waals surface area contributed by atoms with Crippen molar-refractivity contribution in [3.63, 3.8) is 0 Å². The normalized spacial score (nSPS) is 16.1. The molecule has 2 saturated carbocycles. The summed E-state index contributed by atoms with van der Waals surface area (Å²) in [6.45, 7) is 1.13. The van der Waals surface area contributed by atoms with Gasteiger partial charge in [0.25, 0.3) is 0 Å². The lowest BCUT2D eigenvalue weighted by molar-refractivity contribution is -0.175. The average Bonchev–Trinajstić information content (AvgIpc) is 3.31. The molecule has 0 heterocycles. The van der Waals surface area contributed by atoms with Crippen molar-refractivity contribution in [2.24, 2.45) is 5.92 Å². The number of carbonyl (C=O) groups excluding carboxylic acids is 3. The number of esters is 1. The summed E-state index contributed by atoms with van der Waals surface area (Å²) < 4.78 is 5.51. The molecule has 1 aromatic rings. The maximum absolute atomic E-state index is 12.3. The van der Waals surface area contributed by atoms with Crippen molar-refractivity contribution in [1.82, 2.24) is 10.5 Å². The van der Waals surface area contributed by atoms with Gasteiger partial charge in [0.1, 0.15) is 12.6 Å². The molecule has 2 aliphatic carbocycles. The van der Waals surface area contributed by atoms with Gasteiger partial charge in [0, 0.05) is 25.1 Å². The number of rotatable bonds is 17. The van der Waals surface area contributed by atoms with Crippen LogP contribution in [-0.2, 0) is 35.3 Å². The molecule has 2 N–H and O–H groups in total. The lowest BCUT2D eigenvalue weighted by Crippen LogP contribution is -2.31. The molecular weight excluding hydrogens is 522 g/mol. The molecule has 232 valence electrons. The van der Waals surface area contributed by atoms with Crippen LogP contribution in [0.4, 0.5) is 5.69 Å². The second-order valence-electron chi connectivity index (χ2n) is 11.2. The van der Waals surface area contributed by atoms with Gasteiger partial charge in [0.05, 0.1) is 13.7 Å². The molecule has 0 radical (unpaired) electrons. The van der Waals surface area contributed by atoms with Crippen LogP contribution in [0, 0.1) is 5.92 Å². The Morgan fingerprint density at radius 2 is 1.44 bits per heavy atom. The van der Waals surface area contributed by atoms with E-state index in [-0.39, 0.29) is 37.9 Å². The molecule has 2 amide bonds. The van der Waals surface area contributed by atoms with E-state index in [2.05, 4.69) is 10.8 Å². The first-order valence-corrected chi connectivity index (χ1v) is 15.3. The number of carbonyl (C=O) groups is 3. The number of hydroxylamine groups is 3. The Morgan fingerprint density at radius 3 is 2.07 bits per heavy atom. The van der Waals surface area contributed by atoms with Crippen LogP contribution >= 0.6 is 0 Å². The SMILES string of the molecule is C.CON(CC(=O)OC1CCCC1)Cc1ccc(NC(=O)CCCCCCC(=O)NOCC2CCCCCC2)cc1. The molecule has 2 aliphatic rings. The Hall–Kier alpha value is -2.49. The third-order valence-corrected chi connectivity index (χ3v) is 7.80. The molecule has 9 nitrogen and oxygen atoms in total. The first-order chi connectivity index (χ1) is 19.5. The number of benzene rings is 1. The van der Waals surface area contributed by atoms with Crippen molar-refractivity contribution in [3.8, 4) is 0 Å². The first kappa shape index (κ1) is 34.7. The van der Waals surface area contributed by atoms with Crippen LogP contribution in [-0.4, -0.2) is 49.2 Å². The van der Waals surface area contributed by atoms with E-state index in [4.69, 9.17) is 14.4 Å². The molecule has 0 atom stereocenters. The highest BCUT2D eigenvalue weighted by Crippen LogP contribution is 2.23. The highest BCUT2D eigenvalue weighted by atomic mass is 16.7. The predicted molar refractivity (Wildman–Crippen MR) is 161 cm³/mol. The minimum absolute atomic E-state index is 0. The summed E-state index contributed by atoms with van der Waals surface area (Å²) >= 11 is 0. The van der Waals surface area contributed by atoms with Crippen LogP contribution in [0.25, 0.3) is 0 Å². The van der Waals surface area contributed by atoms with Crippen LogP contribution in [0.3, 0.4) is 0 Å². The van der Waals surface area contributed by atoms with Gasteiger partial charge in [-0.2, -0.15) is 5.06 Å². The van der Waals surface area contributed by atoms with E-state index in [0.717, 1.165) is 62.6 Å². The van der Waals surface area contributed by atoms with Crippen LogP contribution in [0.2, 0.25) is 0 Å². The van der Waals surface area contributed by atoms with E-state index in [0.29, 0.717) is 31.9 Å². The fraction of sp³-hybridized carbons (Fsp3) is 0.719. The number of hydrogen-bond acceptors (Lipinski definition) is 7. The van der Waals surface area contributed by atoms with Gasteiger partial charge >= 0.3 is 5.97 Å². The Bertz CT molecular complexity index is 880. The number of unbranched alkanes of at least 4 members (excludes halogenated alkanes) is 3. The Labute approximate surface area is 247 Å². The Balaban J connectivity index is 0.00000588. The van der Waals surface area contributed by atoms with Gasteiger partial charge in [0.2, 0.25) is 11.8 Å². The fourth-order valence-electron chi connectivity index (χ4n) is 5.43. The maximum Gasteiger partial charge on any atom is 0.322 e. The molecule has 2 fully saturated rings. The van der Waals surface area contributed by atoms with E-state index < -0.39 is 0 Å². The lowest BCUT2D eigenvalue weighted by Gasteiger charge is -2.20. The Kier molecular flexibility index (Phi) is 17.3. The summed E-state index contributed by atoms with van der Waals surface area (Å²) in [5, 5.41) is 4.50. The summed E-state index contributed by atoms with van der Waals surface area (Å²) in [4.78, 5) is 47.3. The molecule has 0 unspecified atom stereocenters. The zero-order valence-corrected chi connectivity index (χ0v) is 24.3. The minimum atomic E-state index is -0.268. The van der Waals surface area contributed by atoms with E-state index in [9.17, 15) is 14.4 Å². The van der Waals surface area contributed by atoms with Crippen molar-refractivity contribution in [1.29, 1.82) is 0 Å². The molecule has 1 aromatic carbocycles. The van der Waals surface area contributed by atoms with Gasteiger partial charge in [-0.1, -0.05) is 58.1 Å². The summed E-state index contributed by atoms with van der Waals surface area (Å²) in [6, 6.07) is 7.54. The van der Waals surface area contributed by atoms with Crippen LogP contribution in [0.15, 0.2) is 24.3 Å². The van der Waals surface area contributed by atoms with Crippen molar-refractivity contribution in [3.05, 3.63) is 29.8 Å². The fourth-order valence-corrected chi connectivity index (χ4v) is 5.43. The standard InChI is InChI=1S/C31H49N3O6.CH4/c1-38-34(23-31(37)40-28-14-10-11-15-28)22-25-18-20-27(21-19-25)32-29(35)16-8-4-5-9-17-30(36)33-39-24-26-12-6-2-3-7-13-26;/h18-21,26,28H,2-17,22-24H2,1H3,(H,32,35)(H,33,36);1H4. The number of nitrogens with zero attached hydrogens (tertiary/aromatic N) is 1. The predicted octanol–water partition coefficient (Wildman–Crippen LogP) is 6.47. The largest absolute Gasteiger partial charge is 0.461 e. The van der Waals surface area contributed by atoms with E-state index in [1.807, 2.05) is 24.3 Å². The average molecular weight is 576 g/mol.